The summed E-state index contributed by atoms with van der Waals surface area (Å²) in [4.78, 5) is 26.8. The Kier molecular flexibility index (Phi) is 5.27. The molecule has 0 aromatic heterocycles. The Hall–Kier alpha value is -3.60. The molecule has 0 radical (unpaired) electrons. The largest absolute Gasteiger partial charge is 0.388 e. The van der Waals surface area contributed by atoms with Crippen molar-refractivity contribution in [2.24, 2.45) is 5.92 Å². The van der Waals surface area contributed by atoms with E-state index in [0.29, 0.717) is 46.1 Å². The van der Waals surface area contributed by atoms with Crippen LogP contribution >= 0.6 is 0 Å². The molecule has 1 aliphatic rings. The van der Waals surface area contributed by atoms with Gasteiger partial charge in [-0.3, -0.25) is 9.59 Å². The zero-order valence-electron chi connectivity index (χ0n) is 17.4. The maximum atomic E-state index is 13.4. The molecule has 0 saturated carbocycles. The lowest BCUT2D eigenvalue weighted by atomic mass is 9.82. The molecule has 0 bridgehead atoms. The summed E-state index contributed by atoms with van der Waals surface area (Å²) in [5, 5.41) is 9.77. The van der Waals surface area contributed by atoms with Gasteiger partial charge in [-0.1, -0.05) is 38.1 Å². The third-order valence-corrected chi connectivity index (χ3v) is 5.23. The highest BCUT2D eigenvalue weighted by atomic mass is 16.1. The van der Waals surface area contributed by atoms with Gasteiger partial charge in [0.25, 0.3) is 0 Å². The first-order valence-electron chi connectivity index (χ1n) is 10.1. The van der Waals surface area contributed by atoms with Crippen molar-refractivity contribution in [2.75, 3.05) is 29.5 Å². The molecule has 0 unspecified atom stereocenters. The monoisotopic (exact) mass is 399 g/mol. The average molecular weight is 399 g/mol. The third kappa shape index (κ3) is 3.54. The van der Waals surface area contributed by atoms with Crippen molar-refractivity contribution < 1.29 is 9.59 Å². The highest BCUT2D eigenvalue weighted by Gasteiger charge is 2.33. The highest BCUT2D eigenvalue weighted by Crippen LogP contribution is 2.37. The lowest BCUT2D eigenvalue weighted by Crippen LogP contribution is -2.24. The molecule has 0 saturated heterocycles. The van der Waals surface area contributed by atoms with Crippen LogP contribution in [-0.4, -0.2) is 25.2 Å². The number of carbonyl (C=O) groups is 2. The zero-order chi connectivity index (χ0) is 21.3. The summed E-state index contributed by atoms with van der Waals surface area (Å²) in [6.45, 7) is 4.92. The Bertz CT molecular complexity index is 1120. The van der Waals surface area contributed by atoms with Gasteiger partial charge in [0.2, 0.25) is 0 Å². The van der Waals surface area contributed by atoms with Gasteiger partial charge in [0.15, 0.2) is 11.6 Å². The molecule has 5 nitrogen and oxygen atoms in total. The van der Waals surface area contributed by atoms with Crippen molar-refractivity contribution in [1.29, 1.82) is 0 Å². The molecule has 0 fully saturated rings. The molecule has 0 heterocycles. The van der Waals surface area contributed by atoms with Crippen molar-refractivity contribution in [2.45, 2.75) is 13.8 Å². The molecule has 5 heteroatoms. The molecule has 3 aromatic rings. The number of carbonyl (C=O) groups excluding carboxylic acids is 2. The van der Waals surface area contributed by atoms with Crippen LogP contribution in [0.5, 0.6) is 0 Å². The van der Waals surface area contributed by atoms with Gasteiger partial charge in [-0.25, -0.2) is 0 Å². The summed E-state index contributed by atoms with van der Waals surface area (Å²) in [5.74, 6) is 0.147. The zero-order valence-corrected chi connectivity index (χ0v) is 17.4. The van der Waals surface area contributed by atoms with Crippen molar-refractivity contribution in [3.8, 4) is 0 Å². The topological polar surface area (TPSA) is 70.2 Å². The van der Waals surface area contributed by atoms with Crippen LogP contribution in [0.4, 0.5) is 22.7 Å². The van der Waals surface area contributed by atoms with Gasteiger partial charge in [-0.2, -0.15) is 0 Å². The second kappa shape index (κ2) is 8.03. The van der Waals surface area contributed by atoms with Gasteiger partial charge in [-0.15, -0.1) is 0 Å². The van der Waals surface area contributed by atoms with E-state index < -0.39 is 0 Å². The summed E-state index contributed by atoms with van der Waals surface area (Å²) in [7, 11) is 1.86. The maximum absolute atomic E-state index is 13.4. The Morgan fingerprint density at radius 3 is 1.83 bits per heavy atom. The first kappa shape index (κ1) is 19.7. The number of hydrogen-bond acceptors (Lipinski definition) is 5. The second-order valence-electron chi connectivity index (χ2n) is 7.84. The number of nitrogens with one attached hydrogen (secondary N) is 3. The lowest BCUT2D eigenvalue weighted by Gasteiger charge is -2.24. The molecule has 0 atom stereocenters. The van der Waals surface area contributed by atoms with E-state index in [1.54, 1.807) is 24.3 Å². The van der Waals surface area contributed by atoms with Gasteiger partial charge >= 0.3 is 0 Å². The van der Waals surface area contributed by atoms with Crippen molar-refractivity contribution in [3.63, 3.8) is 0 Å². The SMILES string of the molecule is CNc1ccc(Nc2ccc(NCC(C)C)c3c2C(=O)c2ccccc2C3=O)cc1. The quantitative estimate of drug-likeness (QED) is 0.410. The minimum absolute atomic E-state index is 0.124. The number of benzene rings is 3. The van der Waals surface area contributed by atoms with Crippen molar-refractivity contribution in [1.82, 2.24) is 0 Å². The van der Waals surface area contributed by atoms with Crippen LogP contribution in [0.3, 0.4) is 0 Å². The second-order valence-corrected chi connectivity index (χ2v) is 7.84. The Morgan fingerprint density at radius 2 is 1.27 bits per heavy atom. The molecule has 0 amide bonds. The van der Waals surface area contributed by atoms with Gasteiger partial charge < -0.3 is 16.0 Å². The van der Waals surface area contributed by atoms with E-state index in [4.69, 9.17) is 0 Å². The first-order valence-corrected chi connectivity index (χ1v) is 10.1. The number of hydrogen-bond donors (Lipinski definition) is 3. The van der Waals surface area contributed by atoms with Crippen molar-refractivity contribution >= 4 is 34.3 Å². The van der Waals surface area contributed by atoms with E-state index in [0.717, 1.165) is 11.4 Å². The van der Waals surface area contributed by atoms with Crippen LogP contribution < -0.4 is 16.0 Å². The molecule has 152 valence electrons. The Labute approximate surface area is 176 Å². The Balaban J connectivity index is 1.82. The molecule has 30 heavy (non-hydrogen) atoms. The van der Waals surface area contributed by atoms with E-state index in [1.807, 2.05) is 43.4 Å². The third-order valence-electron chi connectivity index (χ3n) is 5.23. The van der Waals surface area contributed by atoms with Crippen LogP contribution in [0, 0.1) is 5.92 Å². The molecule has 1 aliphatic carbocycles. The van der Waals surface area contributed by atoms with Gasteiger partial charge in [-0.05, 0) is 42.3 Å². The number of fused-ring (bicyclic) bond motifs is 2. The number of anilines is 4. The smallest absolute Gasteiger partial charge is 0.196 e. The fraction of sp³-hybridized carbons (Fsp3) is 0.200. The van der Waals surface area contributed by atoms with Crippen LogP contribution in [0.1, 0.15) is 45.7 Å². The molecule has 3 N–H and O–H groups in total. The van der Waals surface area contributed by atoms with E-state index in [-0.39, 0.29) is 11.6 Å². The van der Waals surface area contributed by atoms with Crippen LogP contribution in [0.25, 0.3) is 0 Å². The van der Waals surface area contributed by atoms with Crippen molar-refractivity contribution in [3.05, 3.63) is 82.9 Å². The molecule has 3 aromatic carbocycles. The average Bonchev–Trinajstić information content (AvgIpc) is 2.76. The fourth-order valence-corrected chi connectivity index (χ4v) is 3.66. The summed E-state index contributed by atoms with van der Waals surface area (Å²) in [6.07, 6.45) is 0. The molecule has 0 spiro atoms. The van der Waals surface area contributed by atoms with Gasteiger partial charge in [0, 0.05) is 41.8 Å². The normalized spacial score (nSPS) is 12.4. The number of ketones is 2. The minimum atomic E-state index is -0.136. The predicted molar refractivity (Wildman–Crippen MR) is 122 cm³/mol. The Morgan fingerprint density at radius 1 is 0.733 bits per heavy atom. The standard InChI is InChI=1S/C25H25N3O2/c1-15(2)14-27-20-12-13-21(28-17-10-8-16(26-3)9-11-17)23-22(20)24(29)18-6-4-5-7-19(18)25(23)30/h4-13,15,26-28H,14H2,1-3H3. The fourth-order valence-electron chi connectivity index (χ4n) is 3.66. The summed E-state index contributed by atoms with van der Waals surface area (Å²) < 4.78 is 0. The highest BCUT2D eigenvalue weighted by molar-refractivity contribution is 6.32. The minimum Gasteiger partial charge on any atom is -0.388 e. The maximum Gasteiger partial charge on any atom is 0.196 e. The molecular formula is C25H25N3O2. The van der Waals surface area contributed by atoms with E-state index >= 15 is 0 Å². The van der Waals surface area contributed by atoms with Crippen LogP contribution in [0.15, 0.2) is 60.7 Å². The predicted octanol–water partition coefficient (Wildman–Crippen LogP) is 5.32. The van der Waals surface area contributed by atoms with Gasteiger partial charge in [0.1, 0.15) is 0 Å². The molecule has 0 aliphatic heterocycles. The van der Waals surface area contributed by atoms with Crippen LogP contribution in [0.2, 0.25) is 0 Å². The first-order chi connectivity index (χ1) is 14.5. The molecule has 4 rings (SSSR count). The molecular weight excluding hydrogens is 374 g/mol. The number of rotatable bonds is 6. The summed E-state index contributed by atoms with van der Waals surface area (Å²) >= 11 is 0. The van der Waals surface area contributed by atoms with E-state index in [9.17, 15) is 9.59 Å². The van der Waals surface area contributed by atoms with Gasteiger partial charge in [0.05, 0.1) is 16.8 Å². The van der Waals surface area contributed by atoms with Crippen LogP contribution in [-0.2, 0) is 0 Å². The summed E-state index contributed by atoms with van der Waals surface area (Å²) in [5.41, 5.74) is 4.94. The lowest BCUT2D eigenvalue weighted by molar-refractivity contribution is 0.0980. The summed E-state index contributed by atoms with van der Waals surface area (Å²) in [6, 6.07) is 18.6. The van der Waals surface area contributed by atoms with E-state index in [2.05, 4.69) is 29.8 Å². The van der Waals surface area contributed by atoms with E-state index in [1.165, 1.54) is 0 Å².